The second-order valence-corrected chi connectivity index (χ2v) is 5.77. The molecule has 0 radical (unpaired) electrons. The van der Waals surface area contributed by atoms with Gasteiger partial charge >= 0.3 is 0 Å². The molecule has 28 heavy (non-hydrogen) atoms. The summed E-state index contributed by atoms with van der Waals surface area (Å²) < 4.78 is 0. The van der Waals surface area contributed by atoms with Gasteiger partial charge in [-0.3, -0.25) is 0 Å². The van der Waals surface area contributed by atoms with Gasteiger partial charge in [-0.25, -0.2) is 29.9 Å². The number of nitriles is 4. The number of fused-ring (bicyclic) bond motifs is 6. The Hall–Kier alpha value is -4.80. The standard InChI is InChI=1S/C18H6N10/c1-7-9(3-19)25-15-13(23-7)14-16(26-10(4-20)8(2)24-14)18-17(15)27-11(5-21)12(6-22)28-18/h1-2H3. The van der Waals surface area contributed by atoms with Gasteiger partial charge in [-0.1, -0.05) is 0 Å². The van der Waals surface area contributed by atoms with Gasteiger partial charge in [0.05, 0.1) is 11.4 Å². The van der Waals surface area contributed by atoms with Gasteiger partial charge in [0, 0.05) is 0 Å². The lowest BCUT2D eigenvalue weighted by atomic mass is 10.1. The highest BCUT2D eigenvalue weighted by atomic mass is 14.9. The van der Waals surface area contributed by atoms with E-state index in [9.17, 15) is 21.0 Å². The molecule has 4 aromatic rings. The average Bonchev–Trinajstić information content (AvgIpc) is 2.72. The first-order chi connectivity index (χ1) is 13.5. The number of benzene rings is 1. The van der Waals surface area contributed by atoms with Crippen LogP contribution in [0.2, 0.25) is 0 Å². The van der Waals surface area contributed by atoms with Gasteiger partial charge < -0.3 is 0 Å². The van der Waals surface area contributed by atoms with Crippen molar-refractivity contribution in [2.45, 2.75) is 13.8 Å². The van der Waals surface area contributed by atoms with Crippen molar-refractivity contribution in [2.24, 2.45) is 0 Å². The molecule has 4 rings (SSSR count). The maximum atomic E-state index is 9.31. The lowest BCUT2D eigenvalue weighted by Crippen LogP contribution is -2.04. The molecule has 0 aliphatic rings. The molecule has 0 saturated heterocycles. The molecule has 0 N–H and O–H groups in total. The third-order valence-electron chi connectivity index (χ3n) is 4.13. The van der Waals surface area contributed by atoms with Gasteiger partial charge in [0.1, 0.15) is 57.4 Å². The highest BCUT2D eigenvalue weighted by Crippen LogP contribution is 2.30. The summed E-state index contributed by atoms with van der Waals surface area (Å²) in [6.45, 7) is 3.27. The van der Waals surface area contributed by atoms with E-state index in [0.29, 0.717) is 22.4 Å². The minimum atomic E-state index is -0.183. The lowest BCUT2D eigenvalue weighted by molar-refractivity contribution is 1.12. The number of hydrogen-bond donors (Lipinski definition) is 0. The predicted octanol–water partition coefficient (Wildman–Crippen LogP) is 1.62. The van der Waals surface area contributed by atoms with Crippen molar-refractivity contribution in [1.82, 2.24) is 29.9 Å². The van der Waals surface area contributed by atoms with Crippen molar-refractivity contribution in [3.8, 4) is 24.3 Å². The summed E-state index contributed by atoms with van der Waals surface area (Å²) in [5, 5.41) is 37.2. The molecule has 1 aromatic carbocycles. The smallest absolute Gasteiger partial charge is 0.177 e. The van der Waals surface area contributed by atoms with E-state index < -0.39 is 0 Å². The van der Waals surface area contributed by atoms with Crippen molar-refractivity contribution in [2.75, 3.05) is 0 Å². The highest BCUT2D eigenvalue weighted by molar-refractivity contribution is 6.18. The molecule has 0 unspecified atom stereocenters. The van der Waals surface area contributed by atoms with E-state index in [4.69, 9.17) is 0 Å². The topological polar surface area (TPSA) is 172 Å². The molecular weight excluding hydrogens is 356 g/mol. The molecule has 10 heteroatoms. The number of hydrogen-bond acceptors (Lipinski definition) is 10. The van der Waals surface area contributed by atoms with Crippen LogP contribution in [0.3, 0.4) is 0 Å². The normalized spacial score (nSPS) is 10.4. The molecule has 0 aliphatic carbocycles. The van der Waals surface area contributed by atoms with Crippen LogP contribution in [0.5, 0.6) is 0 Å². The molecule has 0 atom stereocenters. The third kappa shape index (κ3) is 2.17. The van der Waals surface area contributed by atoms with E-state index in [1.807, 2.05) is 24.3 Å². The summed E-state index contributed by atoms with van der Waals surface area (Å²) >= 11 is 0. The summed E-state index contributed by atoms with van der Waals surface area (Å²) in [4.78, 5) is 25.9. The molecule has 0 saturated carbocycles. The zero-order valence-corrected chi connectivity index (χ0v) is 14.5. The summed E-state index contributed by atoms with van der Waals surface area (Å²) in [7, 11) is 0. The van der Waals surface area contributed by atoms with Crippen molar-refractivity contribution >= 4 is 33.1 Å². The van der Waals surface area contributed by atoms with E-state index in [-0.39, 0.29) is 44.8 Å². The molecule has 3 heterocycles. The first-order valence-corrected chi connectivity index (χ1v) is 7.83. The molecule has 0 amide bonds. The Morgan fingerprint density at radius 3 is 0.964 bits per heavy atom. The number of aromatic nitrogens is 6. The summed E-state index contributed by atoms with van der Waals surface area (Å²) in [6.07, 6.45) is 0. The van der Waals surface area contributed by atoms with Crippen LogP contribution in [0.25, 0.3) is 33.1 Å². The fraction of sp³-hybridized carbons (Fsp3) is 0.111. The maximum Gasteiger partial charge on any atom is 0.177 e. The molecule has 0 spiro atoms. The van der Waals surface area contributed by atoms with Crippen molar-refractivity contribution in [3.63, 3.8) is 0 Å². The second kappa shape index (κ2) is 5.88. The van der Waals surface area contributed by atoms with Crippen LogP contribution in [0, 0.1) is 59.2 Å². The molecule has 0 fully saturated rings. The zero-order valence-electron chi connectivity index (χ0n) is 14.5. The van der Waals surface area contributed by atoms with E-state index in [0.717, 1.165) is 0 Å². The van der Waals surface area contributed by atoms with Gasteiger partial charge in [0.15, 0.2) is 22.8 Å². The third-order valence-corrected chi connectivity index (χ3v) is 4.13. The quantitative estimate of drug-likeness (QED) is 0.418. The minimum Gasteiger partial charge on any atom is -0.246 e. The molecular formula is C18H6N10. The molecule has 128 valence electrons. The largest absolute Gasteiger partial charge is 0.246 e. The van der Waals surface area contributed by atoms with Crippen LogP contribution in [0.15, 0.2) is 0 Å². The summed E-state index contributed by atoms with van der Waals surface area (Å²) in [5.74, 6) is 0. The van der Waals surface area contributed by atoms with E-state index in [1.165, 1.54) is 0 Å². The van der Waals surface area contributed by atoms with E-state index in [1.54, 1.807) is 13.8 Å². The Kier molecular flexibility index (Phi) is 3.50. The fourth-order valence-electron chi connectivity index (χ4n) is 2.83. The van der Waals surface area contributed by atoms with Crippen molar-refractivity contribution in [3.05, 3.63) is 34.2 Å². The minimum absolute atomic E-state index is 0.0937. The predicted molar refractivity (Wildman–Crippen MR) is 94.1 cm³/mol. The number of rotatable bonds is 0. The van der Waals surface area contributed by atoms with E-state index in [2.05, 4.69) is 29.9 Å². The van der Waals surface area contributed by atoms with Gasteiger partial charge in [0.2, 0.25) is 0 Å². The van der Waals surface area contributed by atoms with Gasteiger partial charge in [-0.15, -0.1) is 0 Å². The first-order valence-electron chi connectivity index (χ1n) is 7.83. The summed E-state index contributed by atoms with van der Waals surface area (Å²) in [6, 6.07) is 7.58. The van der Waals surface area contributed by atoms with E-state index >= 15 is 0 Å². The molecule has 10 nitrogen and oxygen atoms in total. The Bertz CT molecular complexity index is 1410. The van der Waals surface area contributed by atoms with Gasteiger partial charge in [-0.05, 0) is 13.8 Å². The van der Waals surface area contributed by atoms with Gasteiger partial charge in [0.25, 0.3) is 0 Å². The van der Waals surface area contributed by atoms with Crippen LogP contribution in [-0.4, -0.2) is 29.9 Å². The van der Waals surface area contributed by atoms with Gasteiger partial charge in [-0.2, -0.15) is 21.0 Å². The lowest BCUT2D eigenvalue weighted by Gasteiger charge is -2.09. The SMILES string of the molecule is Cc1nc2c3nc(C)c(C#N)nc3c3nc(C#N)c(C#N)nc3c2nc1C#N. The van der Waals surface area contributed by atoms with Crippen LogP contribution in [0.4, 0.5) is 0 Å². The van der Waals surface area contributed by atoms with Crippen LogP contribution < -0.4 is 0 Å². The maximum absolute atomic E-state index is 9.31. The van der Waals surface area contributed by atoms with Crippen LogP contribution in [-0.2, 0) is 0 Å². The fourth-order valence-corrected chi connectivity index (χ4v) is 2.83. The Morgan fingerprint density at radius 2 is 0.679 bits per heavy atom. The Morgan fingerprint density at radius 1 is 0.429 bits per heavy atom. The average molecular weight is 362 g/mol. The molecule has 3 aromatic heterocycles. The molecule has 0 bridgehead atoms. The summed E-state index contributed by atoms with van der Waals surface area (Å²) in [5.41, 5.74) is 2.00. The zero-order chi connectivity index (χ0) is 20.0. The monoisotopic (exact) mass is 362 g/mol. The van der Waals surface area contributed by atoms with Crippen molar-refractivity contribution in [1.29, 1.82) is 21.0 Å². The second-order valence-electron chi connectivity index (χ2n) is 5.77. The highest BCUT2D eigenvalue weighted by Gasteiger charge is 2.21. The first kappa shape index (κ1) is 16.7. The number of aryl methyl sites for hydroxylation is 2. The van der Waals surface area contributed by atoms with Crippen molar-refractivity contribution < 1.29 is 0 Å². The van der Waals surface area contributed by atoms with Crippen LogP contribution >= 0.6 is 0 Å². The Labute approximate surface area is 157 Å². The number of nitrogens with zero attached hydrogens (tertiary/aromatic N) is 10. The van der Waals surface area contributed by atoms with Crippen LogP contribution in [0.1, 0.15) is 34.2 Å². The molecule has 0 aliphatic heterocycles. The Balaban J connectivity index is 2.40.